The highest BCUT2D eigenvalue weighted by Gasteiger charge is 2.51. The fraction of sp³-hybridized carbons (Fsp3) is 0.730. The molecule has 0 radical (unpaired) electrons. The summed E-state index contributed by atoms with van der Waals surface area (Å²) in [5.41, 5.74) is 0. The number of amides is 1. The first-order chi connectivity index (χ1) is 37.6. The van der Waals surface area contributed by atoms with E-state index in [0.29, 0.717) is 6.42 Å². The third-order valence-corrected chi connectivity index (χ3v) is 14.0. The molecule has 14 heteroatoms. The number of allylic oxidation sites excluding steroid dienone is 15. The molecule has 0 aromatic rings. The van der Waals surface area contributed by atoms with E-state index in [1.807, 2.05) is 6.08 Å². The Morgan fingerprint density at radius 1 is 0.481 bits per heavy atom. The SMILES string of the molecule is CC/C=C\C/C=C\C/C=C\C/C=C\C/C=C\C/C=C\C/C=C\CCCCCCCCCCCCCCCC(=O)NC(COC1OC(CO)C(OC2OC(CO)C(O)C(O)C2O)C(O)C1O)C(O)/C=C/CCCCCCCC. The zero-order valence-corrected chi connectivity index (χ0v) is 47.4. The zero-order valence-electron chi connectivity index (χ0n) is 47.4. The van der Waals surface area contributed by atoms with Gasteiger partial charge in [0, 0.05) is 6.42 Å². The number of carbonyl (C=O) groups is 1. The van der Waals surface area contributed by atoms with Crippen LogP contribution in [0, 0.1) is 0 Å². The van der Waals surface area contributed by atoms with Crippen LogP contribution in [-0.4, -0.2) is 140 Å². The molecule has 442 valence electrons. The maximum Gasteiger partial charge on any atom is 0.220 e. The van der Waals surface area contributed by atoms with Crippen LogP contribution in [0.3, 0.4) is 0 Å². The lowest BCUT2D eigenvalue weighted by molar-refractivity contribution is -0.359. The van der Waals surface area contributed by atoms with Gasteiger partial charge < -0.3 is 65.1 Å². The van der Waals surface area contributed by atoms with Crippen LogP contribution in [0.15, 0.2) is 97.2 Å². The Morgan fingerprint density at radius 2 is 0.896 bits per heavy atom. The molecule has 0 spiro atoms. The molecule has 0 aromatic heterocycles. The van der Waals surface area contributed by atoms with E-state index in [-0.39, 0.29) is 18.9 Å². The summed E-state index contributed by atoms with van der Waals surface area (Å²) in [4.78, 5) is 13.2. The first-order valence-corrected chi connectivity index (χ1v) is 30.0. The number of rotatable bonds is 46. The fourth-order valence-corrected chi connectivity index (χ4v) is 9.21. The van der Waals surface area contributed by atoms with Crippen LogP contribution >= 0.6 is 0 Å². The molecule has 12 atom stereocenters. The Balaban J connectivity index is 1.60. The number of aliphatic hydroxyl groups excluding tert-OH is 8. The Hall–Kier alpha value is -3.09. The molecule has 2 aliphatic heterocycles. The molecule has 77 heavy (non-hydrogen) atoms. The topological polar surface area (TPSA) is 228 Å². The van der Waals surface area contributed by atoms with Crippen LogP contribution in [-0.2, 0) is 23.7 Å². The van der Waals surface area contributed by atoms with E-state index in [1.54, 1.807) is 6.08 Å². The van der Waals surface area contributed by atoms with Gasteiger partial charge in [0.05, 0.1) is 32.0 Å². The summed E-state index contributed by atoms with van der Waals surface area (Å²) in [6.45, 7) is 2.61. The van der Waals surface area contributed by atoms with Crippen LogP contribution in [0.25, 0.3) is 0 Å². The molecule has 2 aliphatic rings. The molecule has 12 unspecified atom stereocenters. The lowest BCUT2D eigenvalue weighted by Crippen LogP contribution is -2.65. The van der Waals surface area contributed by atoms with Gasteiger partial charge in [-0.3, -0.25) is 4.79 Å². The third-order valence-electron chi connectivity index (χ3n) is 14.0. The van der Waals surface area contributed by atoms with Crippen LogP contribution < -0.4 is 5.32 Å². The molecule has 0 aromatic carbocycles. The van der Waals surface area contributed by atoms with Crippen molar-refractivity contribution in [2.24, 2.45) is 0 Å². The molecule has 9 N–H and O–H groups in total. The number of nitrogens with one attached hydrogen (secondary N) is 1. The number of carbonyl (C=O) groups excluding carboxylic acids is 1. The standard InChI is InChI=1S/C63H107NO13/c1-3-5-7-9-11-13-14-15-16-17-18-19-20-21-22-23-24-25-26-27-28-29-30-31-32-33-34-35-36-37-38-39-41-43-45-47-55(68)64-51(52(67)46-44-42-40-12-10-8-6-4-2)50-74-62-60(73)58(71)61(54(49-66)76-62)77-63-59(72)57(70)56(69)53(48-65)75-63/h5,7,11,13,15-16,18-19,21-22,24-25,27-28,44,46,51-54,56-63,65-67,69-73H,3-4,6,8-10,12,14,17,20,23,26,29-43,45,47-50H2,1-2H3,(H,64,68)/b7-5-,13-11-,16-15-,19-18-,22-21-,25-24-,28-27-,46-44+. The van der Waals surface area contributed by atoms with Gasteiger partial charge in [-0.1, -0.05) is 214 Å². The molecule has 1 amide bonds. The normalized spacial score (nSPS) is 25.4. The molecule has 2 saturated heterocycles. The van der Waals surface area contributed by atoms with Gasteiger partial charge in [0.15, 0.2) is 12.6 Å². The van der Waals surface area contributed by atoms with Crippen molar-refractivity contribution in [3.8, 4) is 0 Å². The molecule has 0 saturated carbocycles. The summed E-state index contributed by atoms with van der Waals surface area (Å²) in [6.07, 6.45) is 49.2. The average Bonchev–Trinajstić information content (AvgIpc) is 3.44. The first kappa shape index (κ1) is 70.0. The fourth-order valence-electron chi connectivity index (χ4n) is 9.21. The minimum absolute atomic E-state index is 0.248. The number of ether oxygens (including phenoxy) is 4. The number of hydrogen-bond donors (Lipinski definition) is 9. The number of unbranched alkanes of at least 4 members (excludes halogenated alkanes) is 19. The second-order valence-electron chi connectivity index (χ2n) is 20.7. The number of hydrogen-bond acceptors (Lipinski definition) is 13. The van der Waals surface area contributed by atoms with Crippen molar-refractivity contribution < 1.29 is 64.6 Å². The van der Waals surface area contributed by atoms with Gasteiger partial charge in [-0.15, -0.1) is 0 Å². The van der Waals surface area contributed by atoms with Crippen molar-refractivity contribution in [1.82, 2.24) is 5.32 Å². The van der Waals surface area contributed by atoms with Gasteiger partial charge in [-0.25, -0.2) is 0 Å². The van der Waals surface area contributed by atoms with Crippen LogP contribution in [0.2, 0.25) is 0 Å². The smallest absolute Gasteiger partial charge is 0.220 e. The summed E-state index contributed by atoms with van der Waals surface area (Å²) in [5, 5.41) is 86.7. The predicted octanol–water partition coefficient (Wildman–Crippen LogP) is 10.3. The number of aliphatic hydroxyl groups is 8. The minimum atomic E-state index is -1.79. The summed E-state index contributed by atoms with van der Waals surface area (Å²) in [7, 11) is 0. The maximum absolute atomic E-state index is 13.2. The maximum atomic E-state index is 13.2. The van der Waals surface area contributed by atoms with E-state index in [1.165, 1.54) is 77.0 Å². The Labute approximate surface area is 464 Å². The largest absolute Gasteiger partial charge is 0.394 e. The Morgan fingerprint density at radius 3 is 1.38 bits per heavy atom. The van der Waals surface area contributed by atoms with Crippen molar-refractivity contribution in [3.63, 3.8) is 0 Å². The van der Waals surface area contributed by atoms with Gasteiger partial charge in [0.2, 0.25) is 5.91 Å². The minimum Gasteiger partial charge on any atom is -0.394 e. The van der Waals surface area contributed by atoms with E-state index in [9.17, 15) is 45.6 Å². The van der Waals surface area contributed by atoms with Gasteiger partial charge in [0.25, 0.3) is 0 Å². The molecule has 2 rings (SSSR count). The second kappa shape index (κ2) is 47.7. The zero-order chi connectivity index (χ0) is 56.0. The summed E-state index contributed by atoms with van der Waals surface area (Å²) in [5.74, 6) is -0.248. The van der Waals surface area contributed by atoms with Crippen molar-refractivity contribution in [1.29, 1.82) is 0 Å². The van der Waals surface area contributed by atoms with Crippen molar-refractivity contribution >= 4 is 5.91 Å². The molecular formula is C63H107NO13. The average molecular weight is 1090 g/mol. The van der Waals surface area contributed by atoms with Crippen LogP contribution in [0.1, 0.15) is 200 Å². The Kier molecular flexibility index (Phi) is 43.4. The lowest BCUT2D eigenvalue weighted by atomic mass is 9.97. The quantitative estimate of drug-likeness (QED) is 0.0205. The monoisotopic (exact) mass is 1090 g/mol. The predicted molar refractivity (Wildman–Crippen MR) is 309 cm³/mol. The third kappa shape index (κ3) is 33.3. The van der Waals surface area contributed by atoms with E-state index in [2.05, 4.69) is 104 Å². The van der Waals surface area contributed by atoms with E-state index in [4.69, 9.17) is 18.9 Å². The highest BCUT2D eigenvalue weighted by Crippen LogP contribution is 2.30. The van der Waals surface area contributed by atoms with Crippen LogP contribution in [0.4, 0.5) is 0 Å². The van der Waals surface area contributed by atoms with Crippen LogP contribution in [0.5, 0.6) is 0 Å². The van der Waals surface area contributed by atoms with Gasteiger partial charge in [0.1, 0.15) is 48.8 Å². The van der Waals surface area contributed by atoms with E-state index < -0.39 is 86.8 Å². The van der Waals surface area contributed by atoms with Gasteiger partial charge >= 0.3 is 0 Å². The van der Waals surface area contributed by atoms with Crippen molar-refractivity contribution in [2.45, 2.75) is 274 Å². The van der Waals surface area contributed by atoms with E-state index in [0.717, 1.165) is 96.3 Å². The highest BCUT2D eigenvalue weighted by molar-refractivity contribution is 5.76. The van der Waals surface area contributed by atoms with Gasteiger partial charge in [-0.2, -0.15) is 0 Å². The first-order valence-electron chi connectivity index (χ1n) is 30.0. The molecular weight excluding hydrogens is 979 g/mol. The highest BCUT2D eigenvalue weighted by atomic mass is 16.7. The molecule has 0 aliphatic carbocycles. The van der Waals surface area contributed by atoms with Crippen molar-refractivity contribution in [2.75, 3.05) is 19.8 Å². The van der Waals surface area contributed by atoms with Gasteiger partial charge in [-0.05, 0) is 77.0 Å². The lowest BCUT2D eigenvalue weighted by Gasteiger charge is -2.46. The molecule has 0 bridgehead atoms. The molecule has 14 nitrogen and oxygen atoms in total. The molecule has 2 heterocycles. The van der Waals surface area contributed by atoms with E-state index >= 15 is 0 Å². The Bertz CT molecular complexity index is 1660. The summed E-state index contributed by atoms with van der Waals surface area (Å²) >= 11 is 0. The van der Waals surface area contributed by atoms with Crippen molar-refractivity contribution in [3.05, 3.63) is 97.2 Å². The summed E-state index contributed by atoms with van der Waals surface area (Å²) < 4.78 is 22.7. The summed E-state index contributed by atoms with van der Waals surface area (Å²) in [6, 6.07) is -0.917. The second-order valence-corrected chi connectivity index (χ2v) is 20.7. The molecule has 2 fully saturated rings.